The first-order chi connectivity index (χ1) is 8.29. The normalized spacial score (nSPS) is 10.2. The minimum atomic E-state index is -0.389. The molecule has 2 rings (SSSR count). The summed E-state index contributed by atoms with van der Waals surface area (Å²) in [6.07, 6.45) is 3.53. The van der Waals surface area contributed by atoms with Crippen molar-refractivity contribution in [2.24, 2.45) is 0 Å². The SMILES string of the molecule is CCOC(=O)c1csc(NCc2cn[nH]c2)n1. The van der Waals surface area contributed by atoms with Crippen LogP contribution in [0.5, 0.6) is 0 Å². The van der Waals surface area contributed by atoms with Crippen LogP contribution in [-0.2, 0) is 11.3 Å². The first-order valence-electron chi connectivity index (χ1n) is 5.13. The Hall–Kier alpha value is -1.89. The lowest BCUT2D eigenvalue weighted by Crippen LogP contribution is -2.05. The van der Waals surface area contributed by atoms with Gasteiger partial charge in [0.05, 0.1) is 12.8 Å². The molecule has 0 saturated heterocycles. The fraction of sp³-hybridized carbons (Fsp3) is 0.300. The molecule has 90 valence electrons. The Kier molecular flexibility index (Phi) is 3.71. The van der Waals surface area contributed by atoms with E-state index in [0.717, 1.165) is 5.56 Å². The number of carbonyl (C=O) groups is 1. The van der Waals surface area contributed by atoms with E-state index in [1.165, 1.54) is 11.3 Å². The number of rotatable bonds is 5. The van der Waals surface area contributed by atoms with Gasteiger partial charge in [-0.05, 0) is 6.92 Å². The van der Waals surface area contributed by atoms with Crippen LogP contribution in [0, 0.1) is 0 Å². The Balaban J connectivity index is 1.92. The summed E-state index contributed by atoms with van der Waals surface area (Å²) in [4.78, 5) is 15.5. The van der Waals surface area contributed by atoms with Crippen LogP contribution in [-0.4, -0.2) is 27.8 Å². The minimum absolute atomic E-state index is 0.339. The number of hydrogen-bond donors (Lipinski definition) is 2. The highest BCUT2D eigenvalue weighted by molar-refractivity contribution is 7.13. The highest BCUT2D eigenvalue weighted by atomic mass is 32.1. The Bertz CT molecular complexity index is 480. The molecule has 7 heteroatoms. The number of esters is 1. The van der Waals surface area contributed by atoms with Crippen LogP contribution >= 0.6 is 11.3 Å². The lowest BCUT2D eigenvalue weighted by molar-refractivity contribution is 0.0520. The molecule has 0 radical (unpaired) electrons. The largest absolute Gasteiger partial charge is 0.461 e. The number of aromatic nitrogens is 3. The van der Waals surface area contributed by atoms with Crippen LogP contribution in [0.4, 0.5) is 5.13 Å². The van der Waals surface area contributed by atoms with Crippen molar-refractivity contribution in [1.29, 1.82) is 0 Å². The van der Waals surface area contributed by atoms with E-state index in [9.17, 15) is 4.79 Å². The second-order valence-electron chi connectivity index (χ2n) is 3.22. The fourth-order valence-corrected chi connectivity index (χ4v) is 1.88. The average Bonchev–Trinajstić information content (AvgIpc) is 2.98. The van der Waals surface area contributed by atoms with Crippen LogP contribution < -0.4 is 5.32 Å². The molecular formula is C10H12N4O2S. The molecule has 0 fully saturated rings. The molecule has 0 aliphatic carbocycles. The Morgan fingerprint density at radius 1 is 1.65 bits per heavy atom. The summed E-state index contributed by atoms with van der Waals surface area (Å²) in [6, 6.07) is 0. The third kappa shape index (κ3) is 3.04. The number of H-pyrrole nitrogens is 1. The summed E-state index contributed by atoms with van der Waals surface area (Å²) in [7, 11) is 0. The molecular weight excluding hydrogens is 240 g/mol. The number of carbonyl (C=O) groups excluding carboxylic acids is 1. The van der Waals surface area contributed by atoms with Gasteiger partial charge in [0.15, 0.2) is 10.8 Å². The lowest BCUT2D eigenvalue weighted by Gasteiger charge is -1.99. The van der Waals surface area contributed by atoms with E-state index in [1.807, 2.05) is 0 Å². The standard InChI is InChI=1S/C10H12N4O2S/c1-2-16-9(15)8-6-17-10(14-8)11-3-7-4-12-13-5-7/h4-6H,2-3H2,1H3,(H,11,14)(H,12,13). The van der Waals surface area contributed by atoms with Gasteiger partial charge in [-0.1, -0.05) is 0 Å². The van der Waals surface area contributed by atoms with Crippen molar-refractivity contribution in [1.82, 2.24) is 15.2 Å². The number of thiazole rings is 1. The highest BCUT2D eigenvalue weighted by Crippen LogP contribution is 2.16. The predicted molar refractivity (Wildman–Crippen MR) is 64.0 cm³/mol. The van der Waals surface area contributed by atoms with Gasteiger partial charge in [-0.15, -0.1) is 11.3 Å². The molecule has 6 nitrogen and oxygen atoms in total. The van der Waals surface area contributed by atoms with Crippen molar-refractivity contribution < 1.29 is 9.53 Å². The summed E-state index contributed by atoms with van der Waals surface area (Å²) in [5, 5.41) is 12.0. The number of anilines is 1. The third-order valence-electron chi connectivity index (χ3n) is 1.99. The van der Waals surface area contributed by atoms with E-state index in [2.05, 4.69) is 20.5 Å². The van der Waals surface area contributed by atoms with E-state index in [1.54, 1.807) is 24.7 Å². The maximum atomic E-state index is 11.4. The Morgan fingerprint density at radius 2 is 2.53 bits per heavy atom. The van der Waals surface area contributed by atoms with E-state index < -0.39 is 0 Å². The van der Waals surface area contributed by atoms with Crippen molar-refractivity contribution in [3.05, 3.63) is 29.0 Å². The van der Waals surface area contributed by atoms with Crippen molar-refractivity contribution >= 4 is 22.4 Å². The second kappa shape index (κ2) is 5.44. The molecule has 0 atom stereocenters. The van der Waals surface area contributed by atoms with Gasteiger partial charge in [-0.25, -0.2) is 9.78 Å². The van der Waals surface area contributed by atoms with E-state index in [4.69, 9.17) is 4.74 Å². The molecule has 0 aliphatic heterocycles. The van der Waals surface area contributed by atoms with Crippen molar-refractivity contribution in [3.8, 4) is 0 Å². The smallest absolute Gasteiger partial charge is 0.357 e. The third-order valence-corrected chi connectivity index (χ3v) is 2.79. The van der Waals surface area contributed by atoms with Crippen LogP contribution in [0.2, 0.25) is 0 Å². The second-order valence-corrected chi connectivity index (χ2v) is 4.08. The van der Waals surface area contributed by atoms with Gasteiger partial charge in [0, 0.05) is 23.7 Å². The molecule has 2 aromatic heterocycles. The maximum absolute atomic E-state index is 11.4. The van der Waals surface area contributed by atoms with E-state index in [0.29, 0.717) is 24.0 Å². The average molecular weight is 252 g/mol. The van der Waals surface area contributed by atoms with Crippen LogP contribution in [0.25, 0.3) is 0 Å². The number of ether oxygens (including phenoxy) is 1. The lowest BCUT2D eigenvalue weighted by atomic mass is 10.4. The number of aromatic amines is 1. The zero-order chi connectivity index (χ0) is 12.1. The van der Waals surface area contributed by atoms with Crippen molar-refractivity contribution in [3.63, 3.8) is 0 Å². The van der Waals surface area contributed by atoms with Gasteiger partial charge in [0.2, 0.25) is 0 Å². The molecule has 0 unspecified atom stereocenters. The summed E-state index contributed by atoms with van der Waals surface area (Å²) in [5.74, 6) is -0.389. The molecule has 2 aromatic rings. The molecule has 0 aliphatic rings. The van der Waals surface area contributed by atoms with Crippen LogP contribution in [0.1, 0.15) is 23.0 Å². The van der Waals surface area contributed by atoms with Gasteiger partial charge in [-0.3, -0.25) is 5.10 Å². The van der Waals surface area contributed by atoms with Gasteiger partial charge in [0.25, 0.3) is 0 Å². The number of hydrogen-bond acceptors (Lipinski definition) is 6. The van der Waals surface area contributed by atoms with Gasteiger partial charge >= 0.3 is 5.97 Å². The summed E-state index contributed by atoms with van der Waals surface area (Å²) in [6.45, 7) is 2.74. The number of nitrogens with zero attached hydrogens (tertiary/aromatic N) is 2. The zero-order valence-electron chi connectivity index (χ0n) is 9.27. The topological polar surface area (TPSA) is 79.9 Å². The summed E-state index contributed by atoms with van der Waals surface area (Å²) >= 11 is 1.37. The van der Waals surface area contributed by atoms with Crippen LogP contribution in [0.3, 0.4) is 0 Å². The summed E-state index contributed by atoms with van der Waals surface area (Å²) in [5.41, 5.74) is 1.37. The summed E-state index contributed by atoms with van der Waals surface area (Å²) < 4.78 is 4.85. The quantitative estimate of drug-likeness (QED) is 0.791. The van der Waals surface area contributed by atoms with Gasteiger partial charge < -0.3 is 10.1 Å². The first kappa shape index (κ1) is 11.6. The molecule has 0 spiro atoms. The Morgan fingerprint density at radius 3 is 3.24 bits per heavy atom. The molecule has 17 heavy (non-hydrogen) atoms. The molecule has 0 amide bonds. The molecule has 0 saturated carbocycles. The predicted octanol–water partition coefficient (Wildman–Crippen LogP) is 1.65. The Labute approximate surface area is 102 Å². The molecule has 0 aromatic carbocycles. The molecule has 2 heterocycles. The molecule has 0 bridgehead atoms. The van der Waals surface area contributed by atoms with Crippen molar-refractivity contribution in [2.75, 3.05) is 11.9 Å². The zero-order valence-corrected chi connectivity index (χ0v) is 10.1. The van der Waals surface area contributed by atoms with Crippen molar-refractivity contribution in [2.45, 2.75) is 13.5 Å². The maximum Gasteiger partial charge on any atom is 0.357 e. The first-order valence-corrected chi connectivity index (χ1v) is 6.01. The van der Waals surface area contributed by atoms with E-state index >= 15 is 0 Å². The van der Waals surface area contributed by atoms with Crippen LogP contribution in [0.15, 0.2) is 17.8 Å². The monoisotopic (exact) mass is 252 g/mol. The van der Waals surface area contributed by atoms with E-state index in [-0.39, 0.29) is 5.97 Å². The number of nitrogens with one attached hydrogen (secondary N) is 2. The van der Waals surface area contributed by atoms with Gasteiger partial charge in [-0.2, -0.15) is 5.10 Å². The highest BCUT2D eigenvalue weighted by Gasteiger charge is 2.11. The van der Waals surface area contributed by atoms with Gasteiger partial charge in [0.1, 0.15) is 0 Å². The fourth-order valence-electron chi connectivity index (χ4n) is 1.21. The minimum Gasteiger partial charge on any atom is -0.461 e. The molecule has 2 N–H and O–H groups in total.